The lowest BCUT2D eigenvalue weighted by Crippen LogP contribution is -2.28. The molecule has 0 aliphatic heterocycles. The van der Waals surface area contributed by atoms with Gasteiger partial charge in [-0.2, -0.15) is 0 Å². The monoisotopic (exact) mass is 378 g/mol. The van der Waals surface area contributed by atoms with Gasteiger partial charge >= 0.3 is 0 Å². The molecule has 5 nitrogen and oxygen atoms in total. The van der Waals surface area contributed by atoms with Gasteiger partial charge in [-0.15, -0.1) is 11.3 Å². The molecule has 0 unspecified atom stereocenters. The van der Waals surface area contributed by atoms with E-state index in [2.05, 4.69) is 24.1 Å². The van der Waals surface area contributed by atoms with Crippen LogP contribution in [0, 0.1) is 5.92 Å². The van der Waals surface area contributed by atoms with Gasteiger partial charge in [0.2, 0.25) is 5.91 Å². The first kappa shape index (κ1) is 19.5. The molecule has 0 saturated carbocycles. The van der Waals surface area contributed by atoms with Crippen molar-refractivity contribution in [3.05, 3.63) is 40.9 Å². The van der Waals surface area contributed by atoms with E-state index in [9.17, 15) is 9.59 Å². The van der Waals surface area contributed by atoms with Crippen LogP contribution in [0.15, 0.2) is 34.0 Å². The van der Waals surface area contributed by atoms with Crippen LogP contribution in [-0.2, 0) is 11.2 Å². The van der Waals surface area contributed by atoms with Crippen molar-refractivity contribution in [3.8, 4) is 5.75 Å². The second-order valence-corrected chi connectivity index (χ2v) is 8.00. The quantitative estimate of drug-likeness (QED) is 0.535. The lowest BCUT2D eigenvalue weighted by atomic mass is 10.1. The standard InChI is InChI=1S/C18H22N2O3S2/c1-12(2)9-19-17(22)8-14-10-24-18(20-14)25-11-16(21)13-4-6-15(23-3)7-5-13/h4-7,10,12H,8-9,11H2,1-3H3,(H,19,22). The van der Waals surface area contributed by atoms with E-state index < -0.39 is 0 Å². The molecule has 0 atom stereocenters. The Kier molecular flexibility index (Phi) is 7.46. The number of hydrogen-bond acceptors (Lipinski definition) is 6. The van der Waals surface area contributed by atoms with Gasteiger partial charge in [0.15, 0.2) is 10.1 Å². The fourth-order valence-electron chi connectivity index (χ4n) is 1.97. The minimum Gasteiger partial charge on any atom is -0.497 e. The van der Waals surface area contributed by atoms with E-state index in [1.165, 1.54) is 23.1 Å². The van der Waals surface area contributed by atoms with Crippen LogP contribution >= 0.6 is 23.1 Å². The topological polar surface area (TPSA) is 68.3 Å². The maximum absolute atomic E-state index is 12.2. The highest BCUT2D eigenvalue weighted by atomic mass is 32.2. The zero-order valence-corrected chi connectivity index (χ0v) is 16.2. The number of carbonyl (C=O) groups is 2. The molecular weight excluding hydrogens is 356 g/mol. The summed E-state index contributed by atoms with van der Waals surface area (Å²) in [5, 5.41) is 4.75. The number of nitrogens with one attached hydrogen (secondary N) is 1. The van der Waals surface area contributed by atoms with Gasteiger partial charge in [-0.3, -0.25) is 9.59 Å². The average Bonchev–Trinajstić information content (AvgIpc) is 3.05. The van der Waals surface area contributed by atoms with E-state index in [0.29, 0.717) is 23.8 Å². The summed E-state index contributed by atoms with van der Waals surface area (Å²) in [4.78, 5) is 28.4. The number of ketones is 1. The second kappa shape index (κ2) is 9.58. The number of ether oxygens (including phenoxy) is 1. The van der Waals surface area contributed by atoms with Crippen LogP contribution in [0.5, 0.6) is 5.75 Å². The van der Waals surface area contributed by atoms with E-state index in [4.69, 9.17) is 4.74 Å². The maximum Gasteiger partial charge on any atom is 0.226 e. The number of Topliss-reactive ketones (excluding diaryl/α,β-unsaturated/α-hetero) is 1. The Labute approximate surface area is 156 Å². The lowest BCUT2D eigenvalue weighted by molar-refractivity contribution is -0.120. The summed E-state index contributed by atoms with van der Waals surface area (Å²) in [6.07, 6.45) is 0.274. The molecule has 134 valence electrons. The van der Waals surface area contributed by atoms with Crippen molar-refractivity contribution in [2.24, 2.45) is 5.92 Å². The fraction of sp³-hybridized carbons (Fsp3) is 0.389. The Morgan fingerprint density at radius 2 is 2.00 bits per heavy atom. The number of aromatic nitrogens is 1. The third-order valence-corrected chi connectivity index (χ3v) is 5.39. The van der Waals surface area contributed by atoms with Gasteiger partial charge in [0.05, 0.1) is 25.0 Å². The fourth-order valence-corrected chi connectivity index (χ4v) is 3.71. The minimum absolute atomic E-state index is 0.0233. The maximum atomic E-state index is 12.2. The van der Waals surface area contributed by atoms with Crippen molar-refractivity contribution < 1.29 is 14.3 Å². The van der Waals surface area contributed by atoms with E-state index in [1.54, 1.807) is 31.4 Å². The molecule has 0 saturated heterocycles. The van der Waals surface area contributed by atoms with Gasteiger partial charge < -0.3 is 10.1 Å². The SMILES string of the molecule is COc1ccc(C(=O)CSc2nc(CC(=O)NCC(C)C)cs2)cc1. The Hall–Kier alpha value is -1.86. The summed E-state index contributed by atoms with van der Waals surface area (Å²) in [6, 6.07) is 7.06. The number of carbonyl (C=O) groups excluding carboxylic acids is 2. The zero-order valence-electron chi connectivity index (χ0n) is 14.6. The Bertz CT molecular complexity index is 711. The number of benzene rings is 1. The van der Waals surface area contributed by atoms with Gasteiger partial charge in [-0.05, 0) is 30.2 Å². The molecule has 1 aromatic carbocycles. The molecule has 1 N–H and O–H groups in total. The van der Waals surface area contributed by atoms with Crippen molar-refractivity contribution in [2.75, 3.05) is 19.4 Å². The average molecular weight is 379 g/mol. The smallest absolute Gasteiger partial charge is 0.226 e. The van der Waals surface area contributed by atoms with Crippen LogP contribution < -0.4 is 10.1 Å². The second-order valence-electron chi connectivity index (χ2n) is 5.92. The highest BCUT2D eigenvalue weighted by molar-refractivity contribution is 8.01. The van der Waals surface area contributed by atoms with Gasteiger partial charge in [0, 0.05) is 17.5 Å². The highest BCUT2D eigenvalue weighted by Gasteiger charge is 2.11. The van der Waals surface area contributed by atoms with Crippen LogP contribution in [0.1, 0.15) is 29.9 Å². The molecule has 7 heteroatoms. The predicted octanol–water partition coefficient (Wildman–Crippen LogP) is 3.44. The molecular formula is C18H22N2O3S2. The molecule has 0 aliphatic rings. The zero-order chi connectivity index (χ0) is 18.2. The lowest BCUT2D eigenvalue weighted by Gasteiger charge is -2.06. The summed E-state index contributed by atoms with van der Waals surface area (Å²) in [5.41, 5.74) is 1.39. The Morgan fingerprint density at radius 3 is 2.64 bits per heavy atom. The van der Waals surface area contributed by atoms with Crippen molar-refractivity contribution in [1.82, 2.24) is 10.3 Å². The largest absolute Gasteiger partial charge is 0.497 e. The number of methoxy groups -OCH3 is 1. The number of thioether (sulfide) groups is 1. The first-order chi connectivity index (χ1) is 12.0. The van der Waals surface area contributed by atoms with E-state index in [0.717, 1.165) is 15.8 Å². The molecule has 25 heavy (non-hydrogen) atoms. The number of thiazole rings is 1. The van der Waals surface area contributed by atoms with Gasteiger partial charge in [0.1, 0.15) is 5.75 Å². The van der Waals surface area contributed by atoms with Crippen molar-refractivity contribution in [1.29, 1.82) is 0 Å². The molecule has 0 fully saturated rings. The molecule has 0 radical (unpaired) electrons. The minimum atomic E-state index is -0.0233. The first-order valence-corrected chi connectivity index (χ1v) is 9.85. The van der Waals surface area contributed by atoms with Crippen LogP contribution in [-0.4, -0.2) is 36.1 Å². The first-order valence-electron chi connectivity index (χ1n) is 7.99. The molecule has 0 bridgehead atoms. The Morgan fingerprint density at radius 1 is 1.28 bits per heavy atom. The molecule has 2 aromatic rings. The summed E-state index contributed by atoms with van der Waals surface area (Å²) in [5.74, 6) is 1.49. The van der Waals surface area contributed by atoms with Crippen LogP contribution in [0.4, 0.5) is 0 Å². The molecule has 1 heterocycles. The summed E-state index contributed by atoms with van der Waals surface area (Å²) < 4.78 is 5.88. The van der Waals surface area contributed by atoms with Crippen LogP contribution in [0.25, 0.3) is 0 Å². The van der Waals surface area contributed by atoms with Crippen molar-refractivity contribution >= 4 is 34.8 Å². The number of hydrogen-bond donors (Lipinski definition) is 1. The third-order valence-electron chi connectivity index (χ3n) is 3.32. The molecule has 1 amide bonds. The highest BCUT2D eigenvalue weighted by Crippen LogP contribution is 2.24. The van der Waals surface area contributed by atoms with Gasteiger partial charge in [0.25, 0.3) is 0 Å². The molecule has 0 aliphatic carbocycles. The summed E-state index contributed by atoms with van der Waals surface area (Å²) in [7, 11) is 1.59. The van der Waals surface area contributed by atoms with Gasteiger partial charge in [-0.25, -0.2) is 4.98 Å². The van der Waals surface area contributed by atoms with E-state index in [1.807, 2.05) is 5.38 Å². The van der Waals surface area contributed by atoms with E-state index in [-0.39, 0.29) is 18.1 Å². The summed E-state index contributed by atoms with van der Waals surface area (Å²) >= 11 is 2.85. The summed E-state index contributed by atoms with van der Waals surface area (Å²) in [6.45, 7) is 4.77. The predicted molar refractivity (Wildman–Crippen MR) is 102 cm³/mol. The molecule has 0 spiro atoms. The number of amides is 1. The van der Waals surface area contributed by atoms with Gasteiger partial charge in [-0.1, -0.05) is 25.6 Å². The van der Waals surface area contributed by atoms with Crippen molar-refractivity contribution in [2.45, 2.75) is 24.6 Å². The number of rotatable bonds is 9. The number of nitrogens with zero attached hydrogens (tertiary/aromatic N) is 1. The third kappa shape index (κ3) is 6.51. The van der Waals surface area contributed by atoms with Crippen LogP contribution in [0.3, 0.4) is 0 Å². The molecule has 1 aromatic heterocycles. The normalized spacial score (nSPS) is 10.7. The van der Waals surface area contributed by atoms with Crippen LogP contribution in [0.2, 0.25) is 0 Å². The Balaban J connectivity index is 1.82. The van der Waals surface area contributed by atoms with E-state index >= 15 is 0 Å². The van der Waals surface area contributed by atoms with Crippen molar-refractivity contribution in [3.63, 3.8) is 0 Å². The molecule has 2 rings (SSSR count).